The zero-order valence-corrected chi connectivity index (χ0v) is 19.6. The smallest absolute Gasteiger partial charge is 0.313 e. The molecule has 34 heavy (non-hydrogen) atoms. The van der Waals surface area contributed by atoms with Crippen LogP contribution in [0.5, 0.6) is 0 Å². The number of hydrogen-bond acceptors (Lipinski definition) is 6. The number of benzene rings is 1. The van der Waals surface area contributed by atoms with Gasteiger partial charge in [0.2, 0.25) is 5.91 Å². The molecule has 1 aromatic carbocycles. The largest absolute Gasteiger partial charge is 0.465 e. The molecule has 9 heteroatoms. The molecule has 4 aliphatic heterocycles. The number of halogens is 1. The standard InChI is InChI=1S/C25H27ClN2O6/c1-24-19-18(6-3-2-4-15-33-22(19)31)34-25(24)11-5-12-27(17-9-7-16(26)8-10-17)21(30)20(25)28(13-14-29)23(24)32/h3,5-11,18-20,29H,2,4,12-15H2,1H3/b6-3-/t18-,19?,20-,24+,25?/m1/s1. The number of aliphatic hydroxyl groups excluding tert-OH is 1. The molecule has 0 aromatic heterocycles. The van der Waals surface area contributed by atoms with E-state index in [9.17, 15) is 19.5 Å². The van der Waals surface area contributed by atoms with Crippen LogP contribution in [0.4, 0.5) is 5.69 Å². The topological polar surface area (TPSA) is 96.4 Å². The van der Waals surface area contributed by atoms with Gasteiger partial charge in [0.15, 0.2) is 0 Å². The summed E-state index contributed by atoms with van der Waals surface area (Å²) < 4.78 is 12.1. The van der Waals surface area contributed by atoms with Crippen LogP contribution in [0, 0.1) is 11.3 Å². The Hall–Kier alpha value is -2.68. The number of allylic oxidation sites excluding steroid dienone is 1. The molecule has 0 bridgehead atoms. The van der Waals surface area contributed by atoms with E-state index < -0.39 is 41.0 Å². The summed E-state index contributed by atoms with van der Waals surface area (Å²) in [6.07, 6.45) is 8.02. The molecule has 4 heterocycles. The molecule has 0 saturated carbocycles. The third kappa shape index (κ3) is 3.16. The Morgan fingerprint density at radius 2 is 1.94 bits per heavy atom. The molecule has 1 aromatic rings. The Labute approximate surface area is 202 Å². The second-order valence-corrected chi connectivity index (χ2v) is 9.68. The van der Waals surface area contributed by atoms with Gasteiger partial charge in [0.1, 0.15) is 17.6 Å². The Balaban J connectivity index is 1.65. The molecular weight excluding hydrogens is 460 g/mol. The van der Waals surface area contributed by atoms with Gasteiger partial charge in [0.05, 0.1) is 24.7 Å². The number of β-amino-alcohol motifs (C(OH)–C–C–N with tert-alkyl or cyclic N) is 1. The third-order valence-corrected chi connectivity index (χ3v) is 7.74. The number of ether oxygens (including phenoxy) is 2. The lowest BCUT2D eigenvalue weighted by molar-refractivity contribution is -0.157. The van der Waals surface area contributed by atoms with Crippen LogP contribution in [-0.2, 0) is 23.9 Å². The van der Waals surface area contributed by atoms with Crippen molar-refractivity contribution in [3.8, 4) is 0 Å². The predicted molar refractivity (Wildman–Crippen MR) is 124 cm³/mol. The first-order chi connectivity index (χ1) is 16.3. The van der Waals surface area contributed by atoms with Crippen molar-refractivity contribution in [2.24, 2.45) is 11.3 Å². The number of fused-ring (bicyclic) bond motifs is 2. The van der Waals surface area contributed by atoms with Crippen molar-refractivity contribution in [2.45, 2.75) is 37.5 Å². The second-order valence-electron chi connectivity index (χ2n) is 9.25. The molecule has 2 fully saturated rings. The van der Waals surface area contributed by atoms with E-state index in [-0.39, 0.29) is 32.2 Å². The lowest BCUT2D eigenvalue weighted by Crippen LogP contribution is -2.57. The summed E-state index contributed by atoms with van der Waals surface area (Å²) in [7, 11) is 0. The van der Waals surface area contributed by atoms with Crippen LogP contribution in [0.25, 0.3) is 0 Å². The molecule has 0 aliphatic carbocycles. The number of nitrogens with zero attached hydrogens (tertiary/aromatic N) is 2. The summed E-state index contributed by atoms with van der Waals surface area (Å²) in [5, 5.41) is 10.3. The highest BCUT2D eigenvalue weighted by atomic mass is 35.5. The highest BCUT2D eigenvalue weighted by Crippen LogP contribution is 2.61. The van der Waals surface area contributed by atoms with Crippen LogP contribution in [-0.4, -0.2) is 71.8 Å². The normalized spacial score (nSPS) is 36.1. The van der Waals surface area contributed by atoms with Crippen LogP contribution in [0.2, 0.25) is 5.02 Å². The van der Waals surface area contributed by atoms with E-state index in [0.717, 1.165) is 6.42 Å². The number of likely N-dealkylation sites (tertiary alicyclic amines) is 1. The molecule has 8 nitrogen and oxygen atoms in total. The maximum Gasteiger partial charge on any atom is 0.313 e. The monoisotopic (exact) mass is 486 g/mol. The van der Waals surface area contributed by atoms with Crippen LogP contribution < -0.4 is 4.90 Å². The fourth-order valence-electron chi connectivity index (χ4n) is 5.88. The van der Waals surface area contributed by atoms with Crippen molar-refractivity contribution in [3.05, 3.63) is 53.6 Å². The lowest BCUT2D eigenvalue weighted by Gasteiger charge is -2.36. The first-order valence-corrected chi connectivity index (χ1v) is 11.9. The molecule has 4 aliphatic rings. The number of cyclic esters (lactones) is 1. The average molecular weight is 487 g/mol. The number of amides is 2. The zero-order valence-electron chi connectivity index (χ0n) is 18.9. The summed E-state index contributed by atoms with van der Waals surface area (Å²) in [6.45, 7) is 1.82. The molecular formula is C25H27ClN2O6. The van der Waals surface area contributed by atoms with Crippen molar-refractivity contribution in [3.63, 3.8) is 0 Å². The van der Waals surface area contributed by atoms with Crippen LogP contribution >= 0.6 is 11.6 Å². The molecule has 0 radical (unpaired) electrons. The van der Waals surface area contributed by atoms with Gasteiger partial charge in [0.25, 0.3) is 5.91 Å². The summed E-state index contributed by atoms with van der Waals surface area (Å²) in [4.78, 5) is 44.2. The number of rotatable bonds is 3. The van der Waals surface area contributed by atoms with E-state index in [1.807, 2.05) is 12.2 Å². The summed E-state index contributed by atoms with van der Waals surface area (Å²) >= 11 is 6.04. The average Bonchev–Trinajstić information content (AvgIpc) is 3.12. The van der Waals surface area contributed by atoms with Crippen molar-refractivity contribution >= 4 is 35.1 Å². The highest BCUT2D eigenvalue weighted by molar-refractivity contribution is 6.30. The van der Waals surface area contributed by atoms with Gasteiger partial charge < -0.3 is 24.4 Å². The van der Waals surface area contributed by atoms with E-state index in [1.54, 1.807) is 48.2 Å². The third-order valence-electron chi connectivity index (χ3n) is 7.49. The van der Waals surface area contributed by atoms with E-state index in [0.29, 0.717) is 17.1 Å². The maximum absolute atomic E-state index is 14.1. The van der Waals surface area contributed by atoms with Gasteiger partial charge in [-0.15, -0.1) is 0 Å². The highest BCUT2D eigenvalue weighted by Gasteiger charge is 2.78. The Morgan fingerprint density at radius 3 is 2.68 bits per heavy atom. The Bertz CT molecular complexity index is 1070. The minimum absolute atomic E-state index is 0.0550. The quantitative estimate of drug-likeness (QED) is 0.519. The maximum atomic E-state index is 14.1. The molecule has 180 valence electrons. The Kier molecular flexibility index (Phi) is 5.78. The van der Waals surface area contributed by atoms with Gasteiger partial charge in [-0.3, -0.25) is 14.4 Å². The fraction of sp³-hybridized carbons (Fsp3) is 0.480. The number of carbonyl (C=O) groups is 3. The molecule has 2 unspecified atom stereocenters. The minimum Gasteiger partial charge on any atom is -0.465 e. The first-order valence-electron chi connectivity index (χ1n) is 11.5. The molecule has 5 atom stereocenters. The molecule has 2 saturated heterocycles. The number of aliphatic hydroxyl groups is 1. The fourth-order valence-corrected chi connectivity index (χ4v) is 6.01. The lowest BCUT2D eigenvalue weighted by atomic mass is 9.65. The van der Waals surface area contributed by atoms with Crippen molar-refractivity contribution in [2.75, 3.05) is 31.2 Å². The number of carbonyl (C=O) groups excluding carboxylic acids is 3. The van der Waals surface area contributed by atoms with E-state index in [1.165, 1.54) is 4.90 Å². The SMILES string of the molecule is C[C@]12C(=O)N(CCO)[C@@H]3C(=O)N(c4ccc(Cl)cc4)CC=CC31O[C@@H]1/C=C\CCCOC(=O)C12. The summed E-state index contributed by atoms with van der Waals surface area (Å²) in [5.41, 5.74) is -2.15. The molecule has 5 rings (SSSR count). The minimum atomic E-state index is -1.39. The summed E-state index contributed by atoms with van der Waals surface area (Å²) in [5.74, 6) is -2.17. The van der Waals surface area contributed by atoms with Gasteiger partial charge in [-0.2, -0.15) is 0 Å². The Morgan fingerprint density at radius 1 is 1.18 bits per heavy atom. The van der Waals surface area contributed by atoms with E-state index in [4.69, 9.17) is 21.1 Å². The second kappa shape index (κ2) is 8.52. The van der Waals surface area contributed by atoms with Crippen LogP contribution in [0.15, 0.2) is 48.6 Å². The summed E-state index contributed by atoms with van der Waals surface area (Å²) in [6, 6.07) is 5.82. The van der Waals surface area contributed by atoms with Crippen molar-refractivity contribution in [1.82, 2.24) is 4.90 Å². The molecule has 1 N–H and O–H groups in total. The van der Waals surface area contributed by atoms with E-state index >= 15 is 0 Å². The van der Waals surface area contributed by atoms with Crippen molar-refractivity contribution < 1.29 is 29.0 Å². The van der Waals surface area contributed by atoms with Gasteiger partial charge in [-0.05, 0) is 44.0 Å². The van der Waals surface area contributed by atoms with Gasteiger partial charge in [-0.25, -0.2) is 0 Å². The van der Waals surface area contributed by atoms with Crippen molar-refractivity contribution in [1.29, 1.82) is 0 Å². The molecule has 1 spiro atoms. The predicted octanol–water partition coefficient (Wildman–Crippen LogP) is 2.10. The van der Waals surface area contributed by atoms with Gasteiger partial charge >= 0.3 is 5.97 Å². The number of esters is 1. The number of hydrogen-bond donors (Lipinski definition) is 1. The van der Waals surface area contributed by atoms with Crippen LogP contribution in [0.3, 0.4) is 0 Å². The molecule has 2 amide bonds. The van der Waals surface area contributed by atoms with Gasteiger partial charge in [0, 0.05) is 23.8 Å². The first kappa shape index (κ1) is 23.1. The van der Waals surface area contributed by atoms with Gasteiger partial charge in [-0.1, -0.05) is 35.9 Å². The zero-order chi connectivity index (χ0) is 24.1. The van der Waals surface area contributed by atoms with E-state index in [2.05, 4.69) is 0 Å². The number of anilines is 1. The van der Waals surface area contributed by atoms with Crippen LogP contribution in [0.1, 0.15) is 19.8 Å².